The molecule has 6 heteroatoms. The lowest BCUT2D eigenvalue weighted by Gasteiger charge is -2.26. The topological polar surface area (TPSA) is 63.2 Å². The predicted molar refractivity (Wildman–Crippen MR) is 86.0 cm³/mol. The number of ether oxygens (including phenoxy) is 1. The van der Waals surface area contributed by atoms with Crippen LogP contribution in [0.1, 0.15) is 18.1 Å². The maximum atomic E-state index is 5.34. The summed E-state index contributed by atoms with van der Waals surface area (Å²) in [6.45, 7) is 5.99. The van der Waals surface area contributed by atoms with Crippen LogP contribution in [-0.4, -0.2) is 41.3 Å². The van der Waals surface area contributed by atoms with E-state index in [0.717, 1.165) is 50.1 Å². The van der Waals surface area contributed by atoms with Crippen LogP contribution in [0, 0.1) is 0 Å². The highest BCUT2D eigenvalue weighted by molar-refractivity contribution is 5.44. The molecule has 22 heavy (non-hydrogen) atoms. The first-order chi connectivity index (χ1) is 10.9. The Balaban J connectivity index is 1.61. The van der Waals surface area contributed by atoms with Crippen LogP contribution >= 0.6 is 0 Å². The summed E-state index contributed by atoms with van der Waals surface area (Å²) in [6.07, 6.45) is 6.51. The monoisotopic (exact) mass is 299 g/mol. The molecular formula is C16H21N5O. The standard InChI is InChI=1S/C16H21N5O/c1-2-14-4-3-5-17-15(14)18-10-13-11-19-16(20-12-13)21-6-8-22-9-7-21/h3-5,11-12H,2,6-10H2,1H3,(H,17,18). The zero-order valence-corrected chi connectivity index (χ0v) is 12.8. The van der Waals surface area contributed by atoms with E-state index in [2.05, 4.69) is 38.2 Å². The van der Waals surface area contributed by atoms with E-state index in [1.807, 2.05) is 18.5 Å². The van der Waals surface area contributed by atoms with E-state index in [-0.39, 0.29) is 0 Å². The molecule has 0 radical (unpaired) electrons. The molecule has 0 atom stereocenters. The van der Waals surface area contributed by atoms with Crippen molar-refractivity contribution in [3.05, 3.63) is 41.9 Å². The second-order valence-electron chi connectivity index (χ2n) is 5.21. The summed E-state index contributed by atoms with van der Waals surface area (Å²) in [6, 6.07) is 4.05. The molecule has 6 nitrogen and oxygen atoms in total. The van der Waals surface area contributed by atoms with Crippen molar-refractivity contribution in [2.75, 3.05) is 36.5 Å². The average Bonchev–Trinajstić information content (AvgIpc) is 2.61. The van der Waals surface area contributed by atoms with E-state index in [1.54, 1.807) is 6.20 Å². The Kier molecular flexibility index (Phi) is 4.80. The van der Waals surface area contributed by atoms with Crippen LogP contribution in [0.15, 0.2) is 30.7 Å². The zero-order valence-electron chi connectivity index (χ0n) is 12.8. The van der Waals surface area contributed by atoms with Crippen molar-refractivity contribution < 1.29 is 4.74 Å². The van der Waals surface area contributed by atoms with Gasteiger partial charge < -0.3 is 15.0 Å². The Bertz CT molecular complexity index is 596. The van der Waals surface area contributed by atoms with E-state index in [9.17, 15) is 0 Å². The average molecular weight is 299 g/mol. The summed E-state index contributed by atoms with van der Waals surface area (Å²) in [4.78, 5) is 15.4. The first-order valence-corrected chi connectivity index (χ1v) is 7.68. The van der Waals surface area contributed by atoms with Crippen LogP contribution in [0.5, 0.6) is 0 Å². The van der Waals surface area contributed by atoms with Gasteiger partial charge in [-0.1, -0.05) is 13.0 Å². The Hall–Kier alpha value is -2.21. The number of aryl methyl sites for hydroxylation is 1. The van der Waals surface area contributed by atoms with Gasteiger partial charge in [-0.05, 0) is 18.1 Å². The van der Waals surface area contributed by atoms with Gasteiger partial charge in [0.05, 0.1) is 13.2 Å². The predicted octanol–water partition coefficient (Wildman–Crippen LogP) is 1.88. The Morgan fingerprint density at radius 2 is 1.95 bits per heavy atom. The molecule has 0 aromatic carbocycles. The van der Waals surface area contributed by atoms with Crippen LogP contribution in [0.2, 0.25) is 0 Å². The summed E-state index contributed by atoms with van der Waals surface area (Å²) in [5.41, 5.74) is 2.26. The number of hydrogen-bond acceptors (Lipinski definition) is 6. The number of nitrogens with one attached hydrogen (secondary N) is 1. The summed E-state index contributed by atoms with van der Waals surface area (Å²) in [5, 5.41) is 3.35. The number of nitrogens with zero attached hydrogens (tertiary/aromatic N) is 4. The van der Waals surface area contributed by atoms with Crippen molar-refractivity contribution in [1.82, 2.24) is 15.0 Å². The second-order valence-corrected chi connectivity index (χ2v) is 5.21. The number of rotatable bonds is 5. The number of morpholine rings is 1. The van der Waals surface area contributed by atoms with Gasteiger partial charge in [0, 0.05) is 43.8 Å². The molecule has 3 rings (SSSR count). The molecule has 2 aromatic heterocycles. The quantitative estimate of drug-likeness (QED) is 0.909. The van der Waals surface area contributed by atoms with Gasteiger partial charge in [0.1, 0.15) is 5.82 Å². The summed E-state index contributed by atoms with van der Waals surface area (Å²) in [5.74, 6) is 1.71. The molecule has 116 valence electrons. The fraction of sp³-hybridized carbons (Fsp3) is 0.438. The molecule has 1 aliphatic heterocycles. The molecule has 0 unspecified atom stereocenters. The van der Waals surface area contributed by atoms with Crippen molar-refractivity contribution in [2.24, 2.45) is 0 Å². The molecule has 1 saturated heterocycles. The van der Waals surface area contributed by atoms with Crippen LogP contribution in [0.4, 0.5) is 11.8 Å². The van der Waals surface area contributed by atoms with Crippen LogP contribution in [-0.2, 0) is 17.7 Å². The molecule has 1 fully saturated rings. The van der Waals surface area contributed by atoms with Crippen molar-refractivity contribution in [2.45, 2.75) is 19.9 Å². The lowest BCUT2D eigenvalue weighted by atomic mass is 10.2. The van der Waals surface area contributed by atoms with E-state index in [0.29, 0.717) is 6.54 Å². The fourth-order valence-electron chi connectivity index (χ4n) is 2.43. The largest absolute Gasteiger partial charge is 0.378 e. The second kappa shape index (κ2) is 7.17. The van der Waals surface area contributed by atoms with Crippen LogP contribution in [0.25, 0.3) is 0 Å². The molecule has 0 spiro atoms. The third-order valence-corrected chi connectivity index (χ3v) is 3.72. The van der Waals surface area contributed by atoms with Gasteiger partial charge in [-0.15, -0.1) is 0 Å². The fourth-order valence-corrected chi connectivity index (χ4v) is 2.43. The van der Waals surface area contributed by atoms with Crippen LogP contribution in [0.3, 0.4) is 0 Å². The lowest BCUT2D eigenvalue weighted by Crippen LogP contribution is -2.37. The first kappa shape index (κ1) is 14.7. The number of anilines is 2. The molecule has 1 N–H and O–H groups in total. The van der Waals surface area contributed by atoms with E-state index in [4.69, 9.17) is 4.74 Å². The minimum absolute atomic E-state index is 0.674. The Morgan fingerprint density at radius 3 is 2.68 bits per heavy atom. The third kappa shape index (κ3) is 3.51. The highest BCUT2D eigenvalue weighted by Gasteiger charge is 2.13. The number of hydrogen-bond donors (Lipinski definition) is 1. The van der Waals surface area contributed by atoms with E-state index in [1.165, 1.54) is 5.56 Å². The lowest BCUT2D eigenvalue weighted by molar-refractivity contribution is 0.122. The highest BCUT2D eigenvalue weighted by Crippen LogP contribution is 2.14. The molecule has 0 amide bonds. The molecule has 0 saturated carbocycles. The van der Waals surface area contributed by atoms with Crippen molar-refractivity contribution >= 4 is 11.8 Å². The van der Waals surface area contributed by atoms with Crippen molar-refractivity contribution in [3.8, 4) is 0 Å². The van der Waals surface area contributed by atoms with Gasteiger partial charge in [-0.2, -0.15) is 0 Å². The summed E-state index contributed by atoms with van der Waals surface area (Å²) < 4.78 is 5.34. The van der Waals surface area contributed by atoms with Crippen molar-refractivity contribution in [3.63, 3.8) is 0 Å². The number of aromatic nitrogens is 3. The molecule has 0 aliphatic carbocycles. The summed E-state index contributed by atoms with van der Waals surface area (Å²) >= 11 is 0. The third-order valence-electron chi connectivity index (χ3n) is 3.72. The van der Waals surface area contributed by atoms with Gasteiger partial charge in [0.15, 0.2) is 0 Å². The first-order valence-electron chi connectivity index (χ1n) is 7.68. The molecule has 2 aromatic rings. The van der Waals surface area contributed by atoms with E-state index < -0.39 is 0 Å². The maximum absolute atomic E-state index is 5.34. The molecule has 3 heterocycles. The van der Waals surface area contributed by atoms with E-state index >= 15 is 0 Å². The zero-order chi connectivity index (χ0) is 15.2. The SMILES string of the molecule is CCc1cccnc1NCc1cnc(N2CCOCC2)nc1. The highest BCUT2D eigenvalue weighted by atomic mass is 16.5. The molecule has 0 bridgehead atoms. The maximum Gasteiger partial charge on any atom is 0.225 e. The van der Waals surface area contributed by atoms with Crippen molar-refractivity contribution in [1.29, 1.82) is 0 Å². The Labute approximate surface area is 130 Å². The van der Waals surface area contributed by atoms with Gasteiger partial charge in [-0.25, -0.2) is 15.0 Å². The smallest absolute Gasteiger partial charge is 0.225 e. The molecular weight excluding hydrogens is 278 g/mol. The van der Waals surface area contributed by atoms with Crippen LogP contribution < -0.4 is 10.2 Å². The number of pyridine rings is 1. The van der Waals surface area contributed by atoms with Gasteiger partial charge in [-0.3, -0.25) is 0 Å². The Morgan fingerprint density at radius 1 is 1.18 bits per heavy atom. The van der Waals surface area contributed by atoms with Gasteiger partial charge >= 0.3 is 0 Å². The minimum atomic E-state index is 0.674. The van der Waals surface area contributed by atoms with Gasteiger partial charge in [0.2, 0.25) is 5.95 Å². The normalized spacial score (nSPS) is 14.9. The minimum Gasteiger partial charge on any atom is -0.378 e. The van der Waals surface area contributed by atoms with Gasteiger partial charge in [0.25, 0.3) is 0 Å². The summed E-state index contributed by atoms with van der Waals surface area (Å²) in [7, 11) is 0. The molecule has 1 aliphatic rings.